The standard InChI is InChI=1S/C29H37N3O10S2/c1-20-29(4,15-8-18-43(37,38)39)25(32(30-20)17-14-27(35)36)10-7-5-6-9-24-28(2,3)22-19-21(44(40,41)42)11-12-23(22)31(24)16-13-26(33)34/h5-7,9-12,19H,8,13-18H2,1-4H3,(H3-,33,34,35,36,37,38,39,40,41,42)/p+1. The van der Waals surface area contributed by atoms with Crippen molar-refractivity contribution < 1.29 is 50.3 Å². The van der Waals surface area contributed by atoms with E-state index in [-0.39, 0.29) is 37.2 Å². The molecule has 0 amide bonds. The van der Waals surface area contributed by atoms with Crippen molar-refractivity contribution in [3.05, 3.63) is 59.8 Å². The molecule has 13 nitrogen and oxygen atoms in total. The number of aliphatic carboxylic acids is 2. The molecule has 0 saturated carbocycles. The van der Waals surface area contributed by atoms with Gasteiger partial charge in [-0.3, -0.25) is 23.7 Å². The fourth-order valence-corrected chi connectivity index (χ4v) is 6.51. The molecule has 2 heterocycles. The van der Waals surface area contributed by atoms with Gasteiger partial charge in [0.1, 0.15) is 6.42 Å². The maximum absolute atomic E-state index is 11.8. The fourth-order valence-electron chi connectivity index (χ4n) is 5.50. The van der Waals surface area contributed by atoms with Gasteiger partial charge < -0.3 is 10.2 Å². The molecule has 0 spiro atoms. The number of hydrogen-bond acceptors (Lipinski definition) is 8. The molecule has 3 rings (SSSR count). The summed E-state index contributed by atoms with van der Waals surface area (Å²) in [5.41, 5.74) is 1.83. The number of fused-ring (bicyclic) bond motifs is 1. The lowest BCUT2D eigenvalue weighted by Gasteiger charge is -2.29. The first-order chi connectivity index (χ1) is 20.3. The lowest BCUT2D eigenvalue weighted by molar-refractivity contribution is -0.436. The molecule has 1 unspecified atom stereocenters. The van der Waals surface area contributed by atoms with Crippen LogP contribution in [0, 0.1) is 5.41 Å². The number of hydrazone groups is 1. The van der Waals surface area contributed by atoms with Crippen LogP contribution in [0.25, 0.3) is 0 Å². The molecule has 240 valence electrons. The predicted molar refractivity (Wildman–Crippen MR) is 164 cm³/mol. The smallest absolute Gasteiger partial charge is 0.309 e. The second-order valence-electron chi connectivity index (χ2n) is 11.4. The second kappa shape index (κ2) is 13.1. The number of hydrogen-bond donors (Lipinski definition) is 4. The highest BCUT2D eigenvalue weighted by molar-refractivity contribution is 7.86. The molecule has 2 aliphatic heterocycles. The Balaban J connectivity index is 1.96. The summed E-state index contributed by atoms with van der Waals surface area (Å²) in [6.07, 6.45) is 8.90. The van der Waals surface area contributed by atoms with E-state index in [9.17, 15) is 45.7 Å². The molecule has 0 aromatic heterocycles. The Morgan fingerprint density at radius 2 is 1.66 bits per heavy atom. The molecule has 0 fully saturated rings. The molecule has 44 heavy (non-hydrogen) atoms. The summed E-state index contributed by atoms with van der Waals surface area (Å²) in [5, 5.41) is 24.6. The highest BCUT2D eigenvalue weighted by Gasteiger charge is 2.45. The van der Waals surface area contributed by atoms with E-state index in [1.807, 2.05) is 20.8 Å². The van der Waals surface area contributed by atoms with Crippen molar-refractivity contribution >= 4 is 49.3 Å². The van der Waals surface area contributed by atoms with E-state index in [0.717, 1.165) is 0 Å². The number of benzene rings is 1. The van der Waals surface area contributed by atoms with Crippen LogP contribution in [0.5, 0.6) is 0 Å². The predicted octanol–water partition coefficient (Wildman–Crippen LogP) is 3.62. The van der Waals surface area contributed by atoms with Gasteiger partial charge in [-0.2, -0.15) is 26.5 Å². The van der Waals surface area contributed by atoms with Crippen LogP contribution >= 0.6 is 0 Å². The lowest BCUT2D eigenvalue weighted by atomic mass is 9.78. The minimum absolute atomic E-state index is 0.102. The van der Waals surface area contributed by atoms with Crippen LogP contribution in [0.4, 0.5) is 5.69 Å². The third-order valence-corrected chi connectivity index (χ3v) is 9.62. The zero-order valence-corrected chi connectivity index (χ0v) is 26.6. The van der Waals surface area contributed by atoms with Crippen molar-refractivity contribution in [2.75, 3.05) is 18.8 Å². The van der Waals surface area contributed by atoms with Gasteiger partial charge in [0.2, 0.25) is 5.69 Å². The maximum atomic E-state index is 11.8. The zero-order chi connectivity index (χ0) is 33.1. The van der Waals surface area contributed by atoms with Crippen LogP contribution in [0.3, 0.4) is 0 Å². The van der Waals surface area contributed by atoms with E-state index in [1.165, 1.54) is 12.1 Å². The molecule has 0 bridgehead atoms. The van der Waals surface area contributed by atoms with E-state index >= 15 is 0 Å². The Labute approximate surface area is 257 Å². The van der Waals surface area contributed by atoms with Gasteiger partial charge in [-0.25, -0.2) is 0 Å². The summed E-state index contributed by atoms with van der Waals surface area (Å²) < 4.78 is 66.7. The quantitative estimate of drug-likeness (QED) is 0.130. The Kier molecular flexibility index (Phi) is 10.4. The highest BCUT2D eigenvalue weighted by atomic mass is 32.2. The van der Waals surface area contributed by atoms with Crippen LogP contribution in [0.1, 0.15) is 58.9 Å². The SMILES string of the molecule is CC1=NN(CCC(=O)O)\C(=C/C=C/C=C/C2=[N+](CCC(=O)O)c3ccc(S(=O)(=O)O)cc3C2(C)C)C1(C)CCCS(=O)(=O)O. The van der Waals surface area contributed by atoms with Crippen molar-refractivity contribution in [1.82, 2.24) is 5.01 Å². The lowest BCUT2D eigenvalue weighted by Crippen LogP contribution is -2.29. The summed E-state index contributed by atoms with van der Waals surface area (Å²) in [4.78, 5) is 22.3. The molecular weight excluding hydrogens is 614 g/mol. The molecule has 1 aromatic rings. The van der Waals surface area contributed by atoms with Crippen molar-refractivity contribution in [1.29, 1.82) is 0 Å². The van der Waals surface area contributed by atoms with Gasteiger partial charge in [0.25, 0.3) is 20.2 Å². The monoisotopic (exact) mass is 652 g/mol. The van der Waals surface area contributed by atoms with E-state index in [2.05, 4.69) is 5.10 Å². The van der Waals surface area contributed by atoms with Gasteiger partial charge in [0.05, 0.1) is 29.0 Å². The largest absolute Gasteiger partial charge is 0.481 e. The summed E-state index contributed by atoms with van der Waals surface area (Å²) in [6, 6.07) is 4.20. The molecule has 1 atom stereocenters. The van der Waals surface area contributed by atoms with E-state index in [0.29, 0.717) is 34.8 Å². The summed E-state index contributed by atoms with van der Waals surface area (Å²) >= 11 is 0. The minimum atomic E-state index is -4.45. The average Bonchev–Trinajstić information content (AvgIpc) is 3.25. The molecule has 15 heteroatoms. The topological polar surface area (TPSA) is 202 Å². The third kappa shape index (κ3) is 8.08. The van der Waals surface area contributed by atoms with Crippen molar-refractivity contribution in [2.24, 2.45) is 10.5 Å². The first kappa shape index (κ1) is 34.8. The number of rotatable bonds is 14. The average molecular weight is 653 g/mol. The summed E-state index contributed by atoms with van der Waals surface area (Å²) in [6.45, 7) is 7.61. The Morgan fingerprint density at radius 3 is 2.25 bits per heavy atom. The number of carboxylic acids is 2. The second-order valence-corrected chi connectivity index (χ2v) is 14.4. The van der Waals surface area contributed by atoms with Crippen molar-refractivity contribution in [3.63, 3.8) is 0 Å². The Morgan fingerprint density at radius 1 is 1.00 bits per heavy atom. The molecule has 0 aliphatic carbocycles. The van der Waals surface area contributed by atoms with Crippen LogP contribution in [-0.2, 0) is 35.2 Å². The maximum Gasteiger partial charge on any atom is 0.309 e. The summed E-state index contributed by atoms with van der Waals surface area (Å²) in [5.74, 6) is -2.41. The number of allylic oxidation sites excluding steroid dienone is 6. The minimum Gasteiger partial charge on any atom is -0.481 e. The zero-order valence-electron chi connectivity index (χ0n) is 25.0. The Hall–Kier alpha value is -3.66. The Bertz CT molecular complexity index is 1700. The molecule has 2 aliphatic rings. The summed E-state index contributed by atoms with van der Waals surface area (Å²) in [7, 11) is -8.61. The van der Waals surface area contributed by atoms with Crippen LogP contribution in [0.15, 0.2) is 64.3 Å². The van der Waals surface area contributed by atoms with Gasteiger partial charge >= 0.3 is 11.9 Å². The van der Waals surface area contributed by atoms with Crippen molar-refractivity contribution in [3.8, 4) is 0 Å². The first-order valence-corrected chi connectivity index (χ1v) is 16.9. The van der Waals surface area contributed by atoms with E-state index in [4.69, 9.17) is 0 Å². The molecular formula is C29H38N3O10S2+. The van der Waals surface area contributed by atoms with Crippen LogP contribution in [-0.4, -0.2) is 87.9 Å². The molecule has 1 aromatic carbocycles. The highest BCUT2D eigenvalue weighted by Crippen LogP contribution is 2.43. The third-order valence-electron chi connectivity index (χ3n) is 7.97. The number of carbonyl (C=O) groups is 2. The number of carboxylic acid groups (broad SMARTS) is 2. The van der Waals surface area contributed by atoms with Crippen LogP contribution in [0.2, 0.25) is 0 Å². The van der Waals surface area contributed by atoms with E-state index < -0.39 is 48.8 Å². The van der Waals surface area contributed by atoms with E-state index in [1.54, 1.807) is 53.0 Å². The van der Waals surface area contributed by atoms with Gasteiger partial charge in [0.15, 0.2) is 12.3 Å². The van der Waals surface area contributed by atoms with Gasteiger partial charge in [-0.15, -0.1) is 0 Å². The molecule has 0 radical (unpaired) electrons. The van der Waals surface area contributed by atoms with Gasteiger partial charge in [-0.1, -0.05) is 18.2 Å². The number of nitrogens with zero attached hydrogens (tertiary/aromatic N) is 3. The van der Waals surface area contributed by atoms with Gasteiger partial charge in [-0.05, 0) is 58.7 Å². The molecule has 0 saturated heterocycles. The van der Waals surface area contributed by atoms with Crippen LogP contribution < -0.4 is 0 Å². The fraction of sp³-hybridized carbons (Fsp3) is 0.448. The normalized spacial score (nSPS) is 21.1. The van der Waals surface area contributed by atoms with Gasteiger partial charge in [0, 0.05) is 34.5 Å². The molecule has 4 N–H and O–H groups in total. The van der Waals surface area contributed by atoms with Crippen molar-refractivity contribution in [2.45, 2.75) is 63.7 Å². The first-order valence-electron chi connectivity index (χ1n) is 13.8.